The van der Waals surface area contributed by atoms with E-state index in [1.54, 1.807) is 38.5 Å². The monoisotopic (exact) mass is 456 g/mol. The third-order valence-electron chi connectivity index (χ3n) is 4.44. The van der Waals surface area contributed by atoms with Gasteiger partial charge in [-0.3, -0.25) is 9.59 Å². The predicted molar refractivity (Wildman–Crippen MR) is 127 cm³/mol. The van der Waals surface area contributed by atoms with Crippen molar-refractivity contribution in [1.29, 1.82) is 0 Å². The Morgan fingerprint density at radius 3 is 2.55 bits per heavy atom. The van der Waals surface area contributed by atoms with Crippen LogP contribution in [0, 0.1) is 0 Å². The molecule has 1 unspecified atom stereocenters. The standard InChI is InChI=1S/C23H24N2O4S2/c1-4-20(22(26)25-18-14-16(28-2)10-11-19(18)29-3)31-17-8-5-7-15(13-17)24-23(27)21-9-6-12-30-21/h5-14,20H,4H2,1-3H3,(H,24,27)(H,25,26). The Hall–Kier alpha value is -2.97. The first-order valence-corrected chi connectivity index (χ1v) is 11.4. The molecule has 0 saturated heterocycles. The third kappa shape index (κ3) is 6.02. The van der Waals surface area contributed by atoms with Crippen LogP contribution in [-0.2, 0) is 4.79 Å². The minimum Gasteiger partial charge on any atom is -0.497 e. The SMILES string of the molecule is CCC(Sc1cccc(NC(=O)c2cccs2)c1)C(=O)Nc1cc(OC)ccc1OC. The van der Waals surface area contributed by atoms with Crippen LogP contribution in [0.1, 0.15) is 23.0 Å². The van der Waals surface area contributed by atoms with E-state index >= 15 is 0 Å². The van der Waals surface area contributed by atoms with Crippen LogP contribution in [0.5, 0.6) is 11.5 Å². The number of hydrogen-bond acceptors (Lipinski definition) is 6. The fraction of sp³-hybridized carbons (Fsp3) is 0.217. The second-order valence-corrected chi connectivity index (χ2v) is 8.75. The molecule has 6 nitrogen and oxygen atoms in total. The maximum absolute atomic E-state index is 12.9. The van der Waals surface area contributed by atoms with Gasteiger partial charge in [0.25, 0.3) is 5.91 Å². The molecule has 0 bridgehead atoms. The number of methoxy groups -OCH3 is 2. The second-order valence-electron chi connectivity index (χ2n) is 6.53. The van der Waals surface area contributed by atoms with Gasteiger partial charge in [-0.2, -0.15) is 0 Å². The number of carbonyl (C=O) groups is 2. The van der Waals surface area contributed by atoms with Gasteiger partial charge in [0.1, 0.15) is 11.5 Å². The zero-order chi connectivity index (χ0) is 22.2. The first-order chi connectivity index (χ1) is 15.0. The van der Waals surface area contributed by atoms with Crippen LogP contribution in [0.3, 0.4) is 0 Å². The lowest BCUT2D eigenvalue weighted by molar-refractivity contribution is -0.115. The van der Waals surface area contributed by atoms with Crippen LogP contribution in [0.2, 0.25) is 0 Å². The average molecular weight is 457 g/mol. The van der Waals surface area contributed by atoms with Crippen LogP contribution in [0.15, 0.2) is 64.9 Å². The van der Waals surface area contributed by atoms with Crippen molar-refractivity contribution in [2.75, 3.05) is 24.9 Å². The lowest BCUT2D eigenvalue weighted by Gasteiger charge is -2.17. The highest BCUT2D eigenvalue weighted by Gasteiger charge is 2.20. The van der Waals surface area contributed by atoms with E-state index in [2.05, 4.69) is 10.6 Å². The number of anilines is 2. The van der Waals surface area contributed by atoms with Crippen molar-refractivity contribution in [2.24, 2.45) is 0 Å². The van der Waals surface area contributed by atoms with Gasteiger partial charge >= 0.3 is 0 Å². The number of amides is 2. The second kappa shape index (κ2) is 10.9. The van der Waals surface area contributed by atoms with Gasteiger partial charge in [0.05, 0.1) is 30.0 Å². The summed E-state index contributed by atoms with van der Waals surface area (Å²) in [5.41, 5.74) is 1.25. The van der Waals surface area contributed by atoms with Gasteiger partial charge in [-0.25, -0.2) is 0 Å². The molecule has 2 N–H and O–H groups in total. The van der Waals surface area contributed by atoms with E-state index < -0.39 is 0 Å². The Labute approximate surface area is 190 Å². The number of ether oxygens (including phenoxy) is 2. The molecule has 0 saturated carbocycles. The summed E-state index contributed by atoms with van der Waals surface area (Å²) in [5, 5.41) is 7.38. The zero-order valence-corrected chi connectivity index (χ0v) is 19.1. The molecule has 8 heteroatoms. The molecule has 0 aliphatic rings. The van der Waals surface area contributed by atoms with E-state index in [4.69, 9.17) is 9.47 Å². The predicted octanol–water partition coefficient (Wildman–Crippen LogP) is 5.53. The maximum atomic E-state index is 12.9. The minimum absolute atomic E-state index is 0.132. The molecule has 1 aromatic heterocycles. The average Bonchev–Trinajstić information content (AvgIpc) is 3.33. The maximum Gasteiger partial charge on any atom is 0.265 e. The van der Waals surface area contributed by atoms with Gasteiger partial charge < -0.3 is 20.1 Å². The van der Waals surface area contributed by atoms with Crippen molar-refractivity contribution in [2.45, 2.75) is 23.5 Å². The Bertz CT molecular complexity index is 1040. The lowest BCUT2D eigenvalue weighted by Crippen LogP contribution is -2.24. The highest BCUT2D eigenvalue weighted by atomic mass is 32.2. The highest BCUT2D eigenvalue weighted by molar-refractivity contribution is 8.00. The van der Waals surface area contributed by atoms with Crippen molar-refractivity contribution < 1.29 is 19.1 Å². The van der Waals surface area contributed by atoms with Crippen LogP contribution in [0.25, 0.3) is 0 Å². The number of thiophene rings is 1. The van der Waals surface area contributed by atoms with Gasteiger partial charge in [0, 0.05) is 16.6 Å². The number of rotatable bonds is 9. The molecular formula is C23H24N2O4S2. The summed E-state index contributed by atoms with van der Waals surface area (Å²) in [6, 6.07) is 16.4. The van der Waals surface area contributed by atoms with Crippen molar-refractivity contribution in [3.05, 3.63) is 64.9 Å². The first-order valence-electron chi connectivity index (χ1n) is 9.68. The lowest BCUT2D eigenvalue weighted by atomic mass is 10.2. The first kappa shape index (κ1) is 22.7. The fourth-order valence-electron chi connectivity index (χ4n) is 2.86. The van der Waals surface area contributed by atoms with Gasteiger partial charge in [-0.1, -0.05) is 19.1 Å². The summed E-state index contributed by atoms with van der Waals surface area (Å²) in [5.74, 6) is 0.914. The van der Waals surface area contributed by atoms with Crippen molar-refractivity contribution in [3.8, 4) is 11.5 Å². The molecule has 0 aliphatic heterocycles. The summed E-state index contributed by atoms with van der Waals surface area (Å²) in [6.45, 7) is 1.96. The molecule has 2 amide bonds. The van der Waals surface area contributed by atoms with Crippen LogP contribution < -0.4 is 20.1 Å². The van der Waals surface area contributed by atoms with Crippen LogP contribution in [0.4, 0.5) is 11.4 Å². The molecule has 3 aromatic rings. The molecular weight excluding hydrogens is 432 g/mol. The molecule has 0 fully saturated rings. The molecule has 2 aromatic carbocycles. The summed E-state index contributed by atoms with van der Waals surface area (Å²) in [7, 11) is 3.13. The molecule has 1 atom stereocenters. The third-order valence-corrected chi connectivity index (χ3v) is 6.67. The van der Waals surface area contributed by atoms with Gasteiger partial charge in [-0.15, -0.1) is 23.1 Å². The Morgan fingerprint density at radius 2 is 1.87 bits per heavy atom. The largest absolute Gasteiger partial charge is 0.497 e. The molecule has 0 radical (unpaired) electrons. The van der Waals surface area contributed by atoms with Gasteiger partial charge in [0.15, 0.2) is 0 Å². The molecule has 31 heavy (non-hydrogen) atoms. The zero-order valence-electron chi connectivity index (χ0n) is 17.5. The summed E-state index contributed by atoms with van der Waals surface area (Å²) in [4.78, 5) is 26.8. The molecule has 3 rings (SSSR count). The Morgan fingerprint density at radius 1 is 1.03 bits per heavy atom. The summed E-state index contributed by atoms with van der Waals surface area (Å²) in [6.07, 6.45) is 0.633. The number of thioether (sulfide) groups is 1. The molecule has 0 spiro atoms. The number of benzene rings is 2. The quantitative estimate of drug-likeness (QED) is 0.414. The fourth-order valence-corrected chi connectivity index (χ4v) is 4.49. The van der Waals surface area contributed by atoms with Crippen LogP contribution >= 0.6 is 23.1 Å². The summed E-state index contributed by atoms with van der Waals surface area (Å²) < 4.78 is 10.6. The van der Waals surface area contributed by atoms with E-state index in [0.29, 0.717) is 34.2 Å². The normalized spacial score (nSPS) is 11.5. The minimum atomic E-state index is -0.320. The Kier molecular flexibility index (Phi) is 7.97. The van der Waals surface area contributed by atoms with Crippen molar-refractivity contribution >= 4 is 46.3 Å². The number of carbonyl (C=O) groups excluding carboxylic acids is 2. The van der Waals surface area contributed by atoms with E-state index in [0.717, 1.165) is 4.90 Å². The van der Waals surface area contributed by atoms with E-state index in [1.807, 2.05) is 42.6 Å². The molecule has 0 aliphatic carbocycles. The van der Waals surface area contributed by atoms with Crippen molar-refractivity contribution in [3.63, 3.8) is 0 Å². The highest BCUT2D eigenvalue weighted by Crippen LogP contribution is 2.32. The number of nitrogens with one attached hydrogen (secondary N) is 2. The van der Waals surface area contributed by atoms with Gasteiger partial charge in [-0.05, 0) is 48.2 Å². The van der Waals surface area contributed by atoms with Crippen LogP contribution in [-0.4, -0.2) is 31.3 Å². The topological polar surface area (TPSA) is 76.7 Å². The smallest absolute Gasteiger partial charge is 0.265 e. The van der Waals surface area contributed by atoms with E-state index in [9.17, 15) is 9.59 Å². The van der Waals surface area contributed by atoms with E-state index in [1.165, 1.54) is 23.1 Å². The molecule has 162 valence electrons. The molecule has 1 heterocycles. The summed E-state index contributed by atoms with van der Waals surface area (Å²) >= 11 is 2.84. The number of hydrogen-bond donors (Lipinski definition) is 2. The Balaban J connectivity index is 1.69. The van der Waals surface area contributed by atoms with Gasteiger partial charge in [0.2, 0.25) is 5.91 Å². The van der Waals surface area contributed by atoms with E-state index in [-0.39, 0.29) is 17.1 Å². The van der Waals surface area contributed by atoms with Crippen molar-refractivity contribution in [1.82, 2.24) is 0 Å².